The van der Waals surface area contributed by atoms with Crippen molar-refractivity contribution < 1.29 is 14.3 Å². The van der Waals surface area contributed by atoms with Gasteiger partial charge in [-0.15, -0.1) is 0 Å². The fourth-order valence-electron chi connectivity index (χ4n) is 1.08. The summed E-state index contributed by atoms with van der Waals surface area (Å²) in [7, 11) is 1.62. The van der Waals surface area contributed by atoms with Gasteiger partial charge in [0.25, 0.3) is 6.47 Å². The molecule has 0 bridgehead atoms. The lowest BCUT2D eigenvalue weighted by molar-refractivity contribution is -0.129. The van der Waals surface area contributed by atoms with Gasteiger partial charge in [-0.25, -0.2) is 0 Å². The van der Waals surface area contributed by atoms with E-state index in [0.29, 0.717) is 13.1 Å². The van der Waals surface area contributed by atoms with Crippen molar-refractivity contribution in [1.29, 1.82) is 0 Å². The van der Waals surface area contributed by atoms with Gasteiger partial charge in [-0.3, -0.25) is 4.79 Å². The van der Waals surface area contributed by atoms with Crippen molar-refractivity contribution in [3.05, 3.63) is 29.3 Å². The van der Waals surface area contributed by atoms with Crippen LogP contribution in [0.5, 0.6) is 5.75 Å². The molecule has 0 amide bonds. The van der Waals surface area contributed by atoms with Crippen LogP contribution in [0.15, 0.2) is 18.2 Å². The average molecular weight is 180 g/mol. The summed E-state index contributed by atoms with van der Waals surface area (Å²) >= 11 is 0. The van der Waals surface area contributed by atoms with Gasteiger partial charge in [0.15, 0.2) is 0 Å². The molecule has 3 heteroatoms. The third-order valence-corrected chi connectivity index (χ3v) is 1.86. The van der Waals surface area contributed by atoms with Crippen molar-refractivity contribution >= 4 is 6.47 Å². The molecule has 1 aromatic rings. The molecular formula is C10H12O3. The third-order valence-electron chi connectivity index (χ3n) is 1.86. The standard InChI is InChI=1S/C10H12O3/c1-8-5-10(12-2)4-3-9(8)6-13-7-11/h3-5,7H,6H2,1-2H3. The smallest absolute Gasteiger partial charge is 0.293 e. The molecule has 1 rings (SSSR count). The molecule has 0 saturated heterocycles. The molecule has 0 fully saturated rings. The maximum Gasteiger partial charge on any atom is 0.293 e. The lowest BCUT2D eigenvalue weighted by Crippen LogP contribution is -1.94. The number of rotatable bonds is 4. The predicted octanol–water partition coefficient (Wildman–Crippen LogP) is 1.68. The molecule has 0 atom stereocenters. The fraction of sp³-hybridized carbons (Fsp3) is 0.300. The molecule has 0 spiro atoms. The topological polar surface area (TPSA) is 35.5 Å². The highest BCUT2D eigenvalue weighted by atomic mass is 16.5. The van der Waals surface area contributed by atoms with Crippen LogP contribution < -0.4 is 4.74 Å². The Morgan fingerprint density at radius 1 is 1.46 bits per heavy atom. The van der Waals surface area contributed by atoms with Crippen LogP contribution in [-0.2, 0) is 16.1 Å². The number of methoxy groups -OCH3 is 1. The first kappa shape index (κ1) is 9.58. The SMILES string of the molecule is COc1ccc(COC=O)c(C)c1. The predicted molar refractivity (Wildman–Crippen MR) is 48.6 cm³/mol. The molecule has 13 heavy (non-hydrogen) atoms. The molecule has 0 heterocycles. The zero-order valence-electron chi connectivity index (χ0n) is 7.74. The summed E-state index contributed by atoms with van der Waals surface area (Å²) in [6.45, 7) is 2.72. The van der Waals surface area contributed by atoms with E-state index in [-0.39, 0.29) is 0 Å². The summed E-state index contributed by atoms with van der Waals surface area (Å²) in [6, 6.07) is 5.64. The second-order valence-corrected chi connectivity index (χ2v) is 2.70. The van der Waals surface area contributed by atoms with Crippen LogP contribution >= 0.6 is 0 Å². The van der Waals surface area contributed by atoms with Crippen molar-refractivity contribution in [3.8, 4) is 5.75 Å². The van der Waals surface area contributed by atoms with Gasteiger partial charge in [0.1, 0.15) is 12.4 Å². The van der Waals surface area contributed by atoms with Gasteiger partial charge < -0.3 is 9.47 Å². The average Bonchev–Trinajstić information content (AvgIpc) is 2.16. The van der Waals surface area contributed by atoms with E-state index in [1.165, 1.54) is 0 Å². The monoisotopic (exact) mass is 180 g/mol. The lowest BCUT2D eigenvalue weighted by Gasteiger charge is -2.06. The minimum Gasteiger partial charge on any atom is -0.497 e. The highest BCUT2D eigenvalue weighted by Gasteiger charge is 1.99. The first-order valence-corrected chi connectivity index (χ1v) is 3.96. The van der Waals surface area contributed by atoms with Gasteiger partial charge in [-0.2, -0.15) is 0 Å². The number of benzene rings is 1. The van der Waals surface area contributed by atoms with Crippen molar-refractivity contribution in [1.82, 2.24) is 0 Å². The summed E-state index contributed by atoms with van der Waals surface area (Å²) in [5.74, 6) is 0.812. The van der Waals surface area contributed by atoms with Crippen molar-refractivity contribution in [3.63, 3.8) is 0 Å². The molecular weight excluding hydrogens is 168 g/mol. The zero-order valence-corrected chi connectivity index (χ0v) is 7.74. The van der Waals surface area contributed by atoms with Gasteiger partial charge in [0.2, 0.25) is 0 Å². The van der Waals surface area contributed by atoms with Crippen LogP contribution in [-0.4, -0.2) is 13.6 Å². The Morgan fingerprint density at radius 2 is 2.23 bits per heavy atom. The maximum atomic E-state index is 9.97. The van der Waals surface area contributed by atoms with E-state index < -0.39 is 0 Å². The lowest BCUT2D eigenvalue weighted by atomic mass is 10.1. The molecule has 1 aromatic carbocycles. The van der Waals surface area contributed by atoms with Gasteiger partial charge in [0.05, 0.1) is 7.11 Å². The summed E-state index contributed by atoms with van der Waals surface area (Å²) in [5, 5.41) is 0. The van der Waals surface area contributed by atoms with E-state index in [9.17, 15) is 4.79 Å². The number of hydrogen-bond donors (Lipinski definition) is 0. The second-order valence-electron chi connectivity index (χ2n) is 2.70. The van der Waals surface area contributed by atoms with E-state index in [1.807, 2.05) is 25.1 Å². The first-order chi connectivity index (χ1) is 6.27. The Hall–Kier alpha value is -1.51. The van der Waals surface area contributed by atoms with Crippen molar-refractivity contribution in [2.75, 3.05) is 7.11 Å². The van der Waals surface area contributed by atoms with E-state index in [1.54, 1.807) is 7.11 Å². The van der Waals surface area contributed by atoms with Gasteiger partial charge in [0, 0.05) is 0 Å². The maximum absolute atomic E-state index is 9.97. The van der Waals surface area contributed by atoms with Gasteiger partial charge in [-0.05, 0) is 30.2 Å². The molecule has 0 aromatic heterocycles. The molecule has 0 unspecified atom stereocenters. The van der Waals surface area contributed by atoms with Crippen LogP contribution in [0.2, 0.25) is 0 Å². The molecule has 0 saturated carbocycles. The van der Waals surface area contributed by atoms with E-state index >= 15 is 0 Å². The Bertz CT molecular complexity index is 294. The van der Waals surface area contributed by atoms with Crippen LogP contribution in [0.25, 0.3) is 0 Å². The summed E-state index contributed by atoms with van der Waals surface area (Å²) in [4.78, 5) is 9.97. The summed E-state index contributed by atoms with van der Waals surface area (Å²) in [5.41, 5.74) is 2.05. The molecule has 0 N–H and O–H groups in total. The summed E-state index contributed by atoms with van der Waals surface area (Å²) in [6.07, 6.45) is 0. The quantitative estimate of drug-likeness (QED) is 0.661. The second kappa shape index (κ2) is 4.50. The molecule has 0 aliphatic heterocycles. The van der Waals surface area contributed by atoms with Gasteiger partial charge in [-0.1, -0.05) is 6.07 Å². The largest absolute Gasteiger partial charge is 0.497 e. The van der Waals surface area contributed by atoms with Crippen molar-refractivity contribution in [2.45, 2.75) is 13.5 Å². The van der Waals surface area contributed by atoms with Gasteiger partial charge >= 0.3 is 0 Å². The number of ether oxygens (including phenoxy) is 2. The first-order valence-electron chi connectivity index (χ1n) is 3.96. The Morgan fingerprint density at radius 3 is 2.77 bits per heavy atom. The Kier molecular flexibility index (Phi) is 3.31. The highest BCUT2D eigenvalue weighted by molar-refractivity contribution is 5.39. The van der Waals surface area contributed by atoms with Crippen LogP contribution in [0.3, 0.4) is 0 Å². The number of aryl methyl sites for hydroxylation is 1. The molecule has 0 aliphatic carbocycles. The minimum absolute atomic E-state index is 0.319. The van der Waals surface area contributed by atoms with E-state index in [2.05, 4.69) is 4.74 Å². The molecule has 0 aliphatic rings. The number of carbonyl (C=O) groups is 1. The molecule has 70 valence electrons. The zero-order chi connectivity index (χ0) is 9.68. The Balaban J connectivity index is 2.78. The molecule has 3 nitrogen and oxygen atoms in total. The van der Waals surface area contributed by atoms with E-state index in [4.69, 9.17) is 4.74 Å². The minimum atomic E-state index is 0.319. The van der Waals surface area contributed by atoms with Crippen molar-refractivity contribution in [2.24, 2.45) is 0 Å². The highest BCUT2D eigenvalue weighted by Crippen LogP contribution is 2.17. The number of carbonyl (C=O) groups excluding carboxylic acids is 1. The number of hydrogen-bond acceptors (Lipinski definition) is 3. The van der Waals surface area contributed by atoms with Crippen LogP contribution in [0, 0.1) is 6.92 Å². The van der Waals surface area contributed by atoms with Crippen LogP contribution in [0.4, 0.5) is 0 Å². The normalized spacial score (nSPS) is 9.38. The Labute approximate surface area is 77.3 Å². The summed E-state index contributed by atoms with van der Waals surface area (Å²) < 4.78 is 9.70. The van der Waals surface area contributed by atoms with Crippen LogP contribution in [0.1, 0.15) is 11.1 Å². The third kappa shape index (κ3) is 2.47. The fourth-order valence-corrected chi connectivity index (χ4v) is 1.08. The van der Waals surface area contributed by atoms with E-state index in [0.717, 1.165) is 16.9 Å². The molecule has 0 radical (unpaired) electrons.